The van der Waals surface area contributed by atoms with Gasteiger partial charge in [0.1, 0.15) is 11.5 Å². The van der Waals surface area contributed by atoms with Crippen molar-refractivity contribution in [1.82, 2.24) is 14.8 Å². The highest BCUT2D eigenvalue weighted by Gasteiger charge is 2.27. The van der Waals surface area contributed by atoms with E-state index in [1.54, 1.807) is 0 Å². The van der Waals surface area contributed by atoms with Gasteiger partial charge in [0, 0.05) is 55.9 Å². The van der Waals surface area contributed by atoms with Crippen LogP contribution in [0.3, 0.4) is 0 Å². The molecule has 0 aliphatic carbocycles. The van der Waals surface area contributed by atoms with Crippen LogP contribution >= 0.6 is 0 Å². The zero-order valence-electron chi connectivity index (χ0n) is 15.3. The molecule has 5 heteroatoms. The second kappa shape index (κ2) is 7.66. The lowest BCUT2D eigenvalue weighted by Crippen LogP contribution is -2.52. The van der Waals surface area contributed by atoms with Crippen LogP contribution in [0.1, 0.15) is 23.5 Å². The minimum Gasteiger partial charge on any atom is -0.465 e. The van der Waals surface area contributed by atoms with Gasteiger partial charge in [-0.15, -0.1) is 0 Å². The molecule has 1 saturated heterocycles. The summed E-state index contributed by atoms with van der Waals surface area (Å²) in [6.45, 7) is 6.96. The number of aromatic nitrogens is 1. The normalized spacial score (nSPS) is 19.4. The molecule has 0 unspecified atom stereocenters. The van der Waals surface area contributed by atoms with Crippen molar-refractivity contribution in [3.63, 3.8) is 0 Å². The molecule has 3 heterocycles. The predicted molar refractivity (Wildman–Crippen MR) is 103 cm³/mol. The van der Waals surface area contributed by atoms with Crippen LogP contribution in [-0.2, 0) is 13.1 Å². The summed E-state index contributed by atoms with van der Waals surface area (Å²) in [4.78, 5) is 8.31. The van der Waals surface area contributed by atoms with Crippen LogP contribution in [-0.4, -0.2) is 52.2 Å². The summed E-state index contributed by atoms with van der Waals surface area (Å²) in [7, 11) is 0. The predicted octanol–water partition coefficient (Wildman–Crippen LogP) is 3.14. The van der Waals surface area contributed by atoms with Crippen molar-refractivity contribution < 1.29 is 9.52 Å². The number of aliphatic hydroxyl groups excluding tert-OH is 1. The molecule has 26 heavy (non-hydrogen) atoms. The van der Waals surface area contributed by atoms with E-state index in [1.165, 1.54) is 16.5 Å². The first-order chi connectivity index (χ1) is 12.7. The molecule has 5 nitrogen and oxygen atoms in total. The van der Waals surface area contributed by atoms with Gasteiger partial charge >= 0.3 is 0 Å². The molecular weight excluding hydrogens is 326 g/mol. The average Bonchev–Trinajstić information content (AvgIpc) is 3.24. The summed E-state index contributed by atoms with van der Waals surface area (Å²) >= 11 is 0. The number of aliphatic hydroxyl groups is 1. The molecule has 1 aliphatic rings. The molecule has 4 rings (SSSR count). The number of H-pyrrole nitrogens is 1. The van der Waals surface area contributed by atoms with Crippen molar-refractivity contribution >= 4 is 10.9 Å². The Morgan fingerprint density at radius 3 is 2.85 bits per heavy atom. The zero-order chi connectivity index (χ0) is 17.9. The second-order valence-corrected chi connectivity index (χ2v) is 7.24. The number of fused-ring (bicyclic) bond motifs is 1. The molecule has 0 amide bonds. The molecular formula is C21H27N3O2. The van der Waals surface area contributed by atoms with E-state index >= 15 is 0 Å². The van der Waals surface area contributed by atoms with Crippen molar-refractivity contribution in [3.05, 3.63) is 59.7 Å². The first kappa shape index (κ1) is 17.3. The third kappa shape index (κ3) is 3.70. The number of hydrogen-bond acceptors (Lipinski definition) is 4. The third-order valence-electron chi connectivity index (χ3n) is 5.37. The van der Waals surface area contributed by atoms with Gasteiger partial charge in [0.05, 0.1) is 6.54 Å². The van der Waals surface area contributed by atoms with E-state index in [0.29, 0.717) is 6.04 Å². The van der Waals surface area contributed by atoms with Gasteiger partial charge in [0.15, 0.2) is 0 Å². The highest BCUT2D eigenvalue weighted by atomic mass is 16.3. The molecule has 0 radical (unpaired) electrons. The molecule has 1 aliphatic heterocycles. The molecule has 2 aromatic heterocycles. The van der Waals surface area contributed by atoms with Crippen molar-refractivity contribution in [2.75, 3.05) is 26.2 Å². The monoisotopic (exact) mass is 353 g/mol. The summed E-state index contributed by atoms with van der Waals surface area (Å²) in [5.41, 5.74) is 2.54. The Kier molecular flexibility index (Phi) is 5.11. The van der Waals surface area contributed by atoms with E-state index in [2.05, 4.69) is 51.3 Å². The fourth-order valence-electron chi connectivity index (χ4n) is 4.01. The second-order valence-electron chi connectivity index (χ2n) is 7.24. The lowest BCUT2D eigenvalue weighted by atomic mass is 10.1. The Morgan fingerprint density at radius 2 is 2.04 bits per heavy atom. The Morgan fingerprint density at radius 1 is 1.15 bits per heavy atom. The van der Waals surface area contributed by atoms with E-state index in [1.807, 2.05) is 13.0 Å². The highest BCUT2D eigenvalue weighted by molar-refractivity contribution is 5.82. The van der Waals surface area contributed by atoms with E-state index < -0.39 is 0 Å². The van der Waals surface area contributed by atoms with Crippen LogP contribution in [0.15, 0.2) is 47.0 Å². The van der Waals surface area contributed by atoms with Gasteiger partial charge in [-0.2, -0.15) is 0 Å². The van der Waals surface area contributed by atoms with Crippen LogP contribution in [0.5, 0.6) is 0 Å². The number of hydrogen-bond donors (Lipinski definition) is 2. The number of nitrogens with zero attached hydrogens (tertiary/aromatic N) is 2. The van der Waals surface area contributed by atoms with Crippen molar-refractivity contribution in [1.29, 1.82) is 0 Å². The molecule has 138 valence electrons. The Labute approximate surface area is 154 Å². The van der Waals surface area contributed by atoms with Crippen LogP contribution in [0.4, 0.5) is 0 Å². The smallest absolute Gasteiger partial charge is 0.118 e. The number of para-hydroxylation sites is 1. The number of aromatic amines is 1. The number of rotatable bonds is 6. The standard InChI is InChI=1S/C21H27N3O2/c1-16-6-7-19(26-16)15-24-10-9-23(14-18(24)8-11-25)13-17-12-22-21-5-3-2-4-20(17)21/h2-7,12,18,22,25H,8-11,13-15H2,1H3/t18-/m0/s1. The van der Waals surface area contributed by atoms with Gasteiger partial charge in [0.25, 0.3) is 0 Å². The summed E-state index contributed by atoms with van der Waals surface area (Å²) in [5.74, 6) is 1.96. The first-order valence-electron chi connectivity index (χ1n) is 9.40. The van der Waals surface area contributed by atoms with Gasteiger partial charge in [-0.25, -0.2) is 0 Å². The molecule has 0 saturated carbocycles. The van der Waals surface area contributed by atoms with Crippen LogP contribution in [0.25, 0.3) is 10.9 Å². The fraction of sp³-hybridized carbons (Fsp3) is 0.429. The Bertz CT molecular complexity index is 854. The topological polar surface area (TPSA) is 55.6 Å². The molecule has 2 N–H and O–H groups in total. The number of aryl methyl sites for hydroxylation is 1. The van der Waals surface area contributed by atoms with Crippen molar-refractivity contribution in [2.24, 2.45) is 0 Å². The van der Waals surface area contributed by atoms with Gasteiger partial charge in [0.2, 0.25) is 0 Å². The maximum absolute atomic E-state index is 9.52. The van der Waals surface area contributed by atoms with Gasteiger partial charge in [-0.05, 0) is 37.1 Å². The molecule has 1 atom stereocenters. The number of nitrogens with one attached hydrogen (secondary N) is 1. The minimum absolute atomic E-state index is 0.222. The van der Waals surface area contributed by atoms with Crippen molar-refractivity contribution in [2.45, 2.75) is 32.5 Å². The zero-order valence-corrected chi connectivity index (χ0v) is 15.3. The van der Waals surface area contributed by atoms with Crippen molar-refractivity contribution in [3.8, 4) is 0 Å². The Hall–Kier alpha value is -2.08. The SMILES string of the molecule is Cc1ccc(CN2CCN(Cc3c[nH]c4ccccc34)C[C@@H]2CCO)o1. The Balaban J connectivity index is 1.43. The summed E-state index contributed by atoms with van der Waals surface area (Å²) in [6.07, 6.45) is 2.92. The molecule has 3 aromatic rings. The number of piperazine rings is 1. The summed E-state index contributed by atoms with van der Waals surface area (Å²) in [5, 5.41) is 10.8. The average molecular weight is 353 g/mol. The van der Waals surface area contributed by atoms with Crippen LogP contribution in [0, 0.1) is 6.92 Å². The molecule has 0 bridgehead atoms. The van der Waals surface area contributed by atoms with Gasteiger partial charge < -0.3 is 14.5 Å². The minimum atomic E-state index is 0.222. The fourth-order valence-corrected chi connectivity index (χ4v) is 4.01. The lowest BCUT2D eigenvalue weighted by Gasteiger charge is -2.41. The third-order valence-corrected chi connectivity index (χ3v) is 5.37. The summed E-state index contributed by atoms with van der Waals surface area (Å²) in [6, 6.07) is 12.9. The molecule has 0 spiro atoms. The van der Waals surface area contributed by atoms with Crippen LogP contribution < -0.4 is 0 Å². The van der Waals surface area contributed by atoms with E-state index in [9.17, 15) is 5.11 Å². The largest absolute Gasteiger partial charge is 0.465 e. The summed E-state index contributed by atoms with van der Waals surface area (Å²) < 4.78 is 5.75. The first-order valence-corrected chi connectivity index (χ1v) is 9.40. The maximum Gasteiger partial charge on any atom is 0.118 e. The number of benzene rings is 1. The highest BCUT2D eigenvalue weighted by Crippen LogP contribution is 2.23. The quantitative estimate of drug-likeness (QED) is 0.715. The van der Waals surface area contributed by atoms with Crippen LogP contribution in [0.2, 0.25) is 0 Å². The molecule has 1 fully saturated rings. The van der Waals surface area contributed by atoms with E-state index in [4.69, 9.17) is 4.42 Å². The molecule has 1 aromatic carbocycles. The van der Waals surface area contributed by atoms with Gasteiger partial charge in [-0.3, -0.25) is 9.80 Å². The van der Waals surface area contributed by atoms with E-state index in [-0.39, 0.29) is 6.61 Å². The van der Waals surface area contributed by atoms with Gasteiger partial charge in [-0.1, -0.05) is 18.2 Å². The van der Waals surface area contributed by atoms with E-state index in [0.717, 1.165) is 50.7 Å². The number of furan rings is 1. The maximum atomic E-state index is 9.52. The lowest BCUT2D eigenvalue weighted by molar-refractivity contribution is 0.0456.